The van der Waals surface area contributed by atoms with Crippen molar-refractivity contribution in [3.8, 4) is 11.8 Å². The van der Waals surface area contributed by atoms with E-state index in [1.54, 1.807) is 0 Å². The van der Waals surface area contributed by atoms with Crippen molar-refractivity contribution in [2.75, 3.05) is 11.9 Å². The van der Waals surface area contributed by atoms with Crippen LogP contribution in [0.25, 0.3) is 0 Å². The van der Waals surface area contributed by atoms with Gasteiger partial charge in [0.05, 0.1) is 6.54 Å². The van der Waals surface area contributed by atoms with Gasteiger partial charge in [-0.1, -0.05) is 48.2 Å². The lowest BCUT2D eigenvalue weighted by atomic mass is 9.89. The van der Waals surface area contributed by atoms with Gasteiger partial charge in [0.1, 0.15) is 0 Å². The van der Waals surface area contributed by atoms with Gasteiger partial charge in [0, 0.05) is 23.6 Å². The average Bonchev–Trinajstić information content (AvgIpc) is 2.64. The van der Waals surface area contributed by atoms with Crippen molar-refractivity contribution in [1.29, 1.82) is 0 Å². The number of benzene rings is 2. The predicted octanol–water partition coefficient (Wildman–Crippen LogP) is 2.75. The molecule has 1 aliphatic heterocycles. The lowest BCUT2D eigenvalue weighted by Gasteiger charge is -2.24. The Hall–Kier alpha value is -3.06. The molecule has 0 radical (unpaired) electrons. The van der Waals surface area contributed by atoms with E-state index < -0.39 is 0 Å². The van der Waals surface area contributed by atoms with E-state index >= 15 is 0 Å². The second kappa shape index (κ2) is 8.16. The number of amides is 2. The Bertz CT molecular complexity index is 819. The molecule has 0 spiro atoms. The highest BCUT2D eigenvalue weighted by atomic mass is 16.2. The van der Waals surface area contributed by atoms with Gasteiger partial charge < -0.3 is 10.6 Å². The van der Waals surface area contributed by atoms with Crippen LogP contribution in [0.3, 0.4) is 0 Å². The molecule has 2 aromatic rings. The summed E-state index contributed by atoms with van der Waals surface area (Å²) < 4.78 is 0. The van der Waals surface area contributed by atoms with E-state index in [0.29, 0.717) is 25.8 Å². The molecule has 0 aromatic heterocycles. The fraction of sp³-hybridized carbons (Fsp3) is 0.238. The van der Waals surface area contributed by atoms with Gasteiger partial charge in [0.15, 0.2) is 0 Å². The van der Waals surface area contributed by atoms with Gasteiger partial charge in [-0.3, -0.25) is 9.59 Å². The fourth-order valence-electron chi connectivity index (χ4n) is 2.85. The summed E-state index contributed by atoms with van der Waals surface area (Å²) >= 11 is 0. The lowest BCUT2D eigenvalue weighted by Crippen LogP contribution is -2.31. The maximum atomic E-state index is 12.1. The van der Waals surface area contributed by atoms with E-state index in [2.05, 4.69) is 22.5 Å². The summed E-state index contributed by atoms with van der Waals surface area (Å²) in [7, 11) is 0. The van der Waals surface area contributed by atoms with Gasteiger partial charge in [0.25, 0.3) is 0 Å². The Morgan fingerprint density at radius 3 is 2.72 bits per heavy atom. The van der Waals surface area contributed by atoms with E-state index in [4.69, 9.17) is 0 Å². The minimum Gasteiger partial charge on any atom is -0.345 e. The summed E-state index contributed by atoms with van der Waals surface area (Å²) in [5.41, 5.74) is 2.93. The Morgan fingerprint density at radius 1 is 1.12 bits per heavy atom. The molecule has 0 bridgehead atoms. The van der Waals surface area contributed by atoms with Crippen LogP contribution in [-0.2, 0) is 16.0 Å². The van der Waals surface area contributed by atoms with Crippen molar-refractivity contribution >= 4 is 17.5 Å². The summed E-state index contributed by atoms with van der Waals surface area (Å²) in [6.45, 7) is 0.313. The molecule has 2 N–H and O–H groups in total. The van der Waals surface area contributed by atoms with Crippen molar-refractivity contribution < 1.29 is 9.59 Å². The van der Waals surface area contributed by atoms with Crippen LogP contribution in [-0.4, -0.2) is 18.4 Å². The van der Waals surface area contributed by atoms with Crippen molar-refractivity contribution in [3.05, 3.63) is 65.7 Å². The molecular weight excluding hydrogens is 312 g/mol. The normalized spacial score (nSPS) is 15.4. The maximum Gasteiger partial charge on any atom is 0.227 e. The van der Waals surface area contributed by atoms with Gasteiger partial charge in [-0.25, -0.2) is 0 Å². The van der Waals surface area contributed by atoms with Gasteiger partial charge in [-0.2, -0.15) is 0 Å². The van der Waals surface area contributed by atoms with Crippen LogP contribution in [0.4, 0.5) is 5.69 Å². The molecule has 25 heavy (non-hydrogen) atoms. The Balaban J connectivity index is 1.44. The van der Waals surface area contributed by atoms with E-state index in [-0.39, 0.29) is 17.7 Å². The third kappa shape index (κ3) is 4.71. The van der Waals surface area contributed by atoms with Gasteiger partial charge in [0.2, 0.25) is 11.8 Å². The molecule has 0 saturated heterocycles. The van der Waals surface area contributed by atoms with Crippen molar-refractivity contribution in [3.63, 3.8) is 0 Å². The summed E-state index contributed by atoms with van der Waals surface area (Å²) in [6, 6.07) is 17.4. The number of rotatable bonds is 4. The molecule has 1 heterocycles. The second-order valence-electron chi connectivity index (χ2n) is 6.03. The van der Waals surface area contributed by atoms with Gasteiger partial charge in [-0.15, -0.1) is 0 Å². The minimum atomic E-state index is -0.156. The zero-order chi connectivity index (χ0) is 17.5. The second-order valence-corrected chi connectivity index (χ2v) is 6.03. The number of para-hydroxylation sites is 1. The Labute approximate surface area is 147 Å². The lowest BCUT2D eigenvalue weighted by molar-refractivity contribution is -0.122. The number of anilines is 1. The summed E-state index contributed by atoms with van der Waals surface area (Å²) in [5, 5.41) is 5.69. The van der Waals surface area contributed by atoms with E-state index in [1.807, 2.05) is 54.6 Å². The number of carbonyl (C=O) groups excluding carboxylic acids is 2. The zero-order valence-corrected chi connectivity index (χ0v) is 13.9. The Kier molecular flexibility index (Phi) is 5.48. The first-order valence-corrected chi connectivity index (χ1v) is 8.42. The zero-order valence-electron chi connectivity index (χ0n) is 13.9. The van der Waals surface area contributed by atoms with Crippen molar-refractivity contribution in [1.82, 2.24) is 5.32 Å². The van der Waals surface area contributed by atoms with Crippen LogP contribution in [0.15, 0.2) is 54.6 Å². The molecule has 0 aliphatic carbocycles. The molecule has 2 aromatic carbocycles. The highest BCUT2D eigenvalue weighted by Gasteiger charge is 2.25. The highest BCUT2D eigenvalue weighted by molar-refractivity contribution is 5.96. The van der Waals surface area contributed by atoms with Crippen LogP contribution in [0, 0.1) is 17.8 Å². The van der Waals surface area contributed by atoms with E-state index in [0.717, 1.165) is 16.8 Å². The van der Waals surface area contributed by atoms with Crippen LogP contribution in [0.2, 0.25) is 0 Å². The first kappa shape index (κ1) is 16.8. The number of carbonyl (C=O) groups is 2. The molecule has 1 unspecified atom stereocenters. The maximum absolute atomic E-state index is 12.1. The molecule has 4 heteroatoms. The van der Waals surface area contributed by atoms with Crippen LogP contribution in [0.5, 0.6) is 0 Å². The molecule has 126 valence electrons. The van der Waals surface area contributed by atoms with Crippen LogP contribution < -0.4 is 10.6 Å². The largest absolute Gasteiger partial charge is 0.345 e. The molecule has 3 rings (SSSR count). The van der Waals surface area contributed by atoms with Crippen molar-refractivity contribution in [2.24, 2.45) is 5.92 Å². The molecular formula is C21H20N2O2. The smallest absolute Gasteiger partial charge is 0.227 e. The van der Waals surface area contributed by atoms with Gasteiger partial charge >= 0.3 is 0 Å². The quantitative estimate of drug-likeness (QED) is 0.846. The molecule has 1 atom stereocenters. The average molecular weight is 332 g/mol. The predicted molar refractivity (Wildman–Crippen MR) is 97.8 cm³/mol. The van der Waals surface area contributed by atoms with Crippen LogP contribution in [0.1, 0.15) is 24.0 Å². The van der Waals surface area contributed by atoms with E-state index in [1.165, 1.54) is 0 Å². The number of nitrogens with one attached hydrogen (secondary N) is 2. The molecule has 4 nitrogen and oxygen atoms in total. The number of hydrogen-bond acceptors (Lipinski definition) is 2. The molecule has 1 aliphatic rings. The summed E-state index contributed by atoms with van der Waals surface area (Å²) in [4.78, 5) is 24.1. The number of hydrogen-bond donors (Lipinski definition) is 2. The van der Waals surface area contributed by atoms with E-state index in [9.17, 15) is 9.59 Å². The summed E-state index contributed by atoms with van der Waals surface area (Å²) in [6.07, 6.45) is 1.55. The third-order valence-corrected chi connectivity index (χ3v) is 4.21. The van der Waals surface area contributed by atoms with Gasteiger partial charge in [-0.05, 0) is 36.6 Å². The molecule has 2 amide bonds. The third-order valence-electron chi connectivity index (χ3n) is 4.21. The number of fused-ring (bicyclic) bond motifs is 1. The van der Waals surface area contributed by atoms with Crippen molar-refractivity contribution in [2.45, 2.75) is 19.3 Å². The van der Waals surface area contributed by atoms with Crippen LogP contribution >= 0.6 is 0 Å². The standard InChI is InChI=1S/C21H20N2O2/c24-20(22-14-6-9-16-7-2-1-3-8-16)13-12-18-15-17-10-4-5-11-19(17)23-21(18)25/h1-5,7-8,10-11,18H,12-15H2,(H,22,24)(H,23,25). The Morgan fingerprint density at radius 2 is 1.88 bits per heavy atom. The molecule has 0 saturated carbocycles. The topological polar surface area (TPSA) is 58.2 Å². The highest BCUT2D eigenvalue weighted by Crippen LogP contribution is 2.27. The monoisotopic (exact) mass is 332 g/mol. The SMILES string of the molecule is O=C(CCC1Cc2ccccc2NC1=O)NCC#Cc1ccccc1. The minimum absolute atomic E-state index is 0.00429. The summed E-state index contributed by atoms with van der Waals surface area (Å²) in [5.74, 6) is 5.69. The first-order chi connectivity index (χ1) is 12.2. The first-order valence-electron chi connectivity index (χ1n) is 8.42. The fourth-order valence-corrected chi connectivity index (χ4v) is 2.85. The molecule has 0 fully saturated rings.